The van der Waals surface area contributed by atoms with Crippen LogP contribution in [0.25, 0.3) is 22.7 Å². The SMILES string of the molecule is Cc1cc(C#N)nn1-c1nc(-n2cnc3cc(Nc4ccc(C5COC5)nn4)ccc32)ccc1CCO. The molecule has 1 fully saturated rings. The van der Waals surface area contributed by atoms with Gasteiger partial charge in [-0.05, 0) is 61.4 Å². The number of aliphatic hydroxyl groups is 1. The summed E-state index contributed by atoms with van der Waals surface area (Å²) in [5.74, 6) is 2.20. The highest BCUT2D eigenvalue weighted by atomic mass is 16.5. The number of nitrogens with zero attached hydrogens (tertiary/aromatic N) is 8. The van der Waals surface area contributed by atoms with Crippen molar-refractivity contribution < 1.29 is 9.84 Å². The van der Waals surface area contributed by atoms with Crippen LogP contribution in [0.2, 0.25) is 0 Å². The van der Waals surface area contributed by atoms with E-state index >= 15 is 0 Å². The molecular weight excluding hydrogens is 470 g/mol. The first-order valence-electron chi connectivity index (χ1n) is 11.9. The molecule has 11 heteroatoms. The second kappa shape index (κ2) is 9.42. The van der Waals surface area contributed by atoms with Crippen molar-refractivity contribution in [3.8, 4) is 17.7 Å². The van der Waals surface area contributed by atoms with Gasteiger partial charge in [-0.25, -0.2) is 14.6 Å². The van der Waals surface area contributed by atoms with Crippen LogP contribution < -0.4 is 5.32 Å². The Balaban J connectivity index is 1.31. The van der Waals surface area contributed by atoms with Crippen molar-refractivity contribution in [2.75, 3.05) is 25.1 Å². The van der Waals surface area contributed by atoms with E-state index in [0.717, 1.165) is 33.7 Å². The summed E-state index contributed by atoms with van der Waals surface area (Å²) in [4.78, 5) is 9.42. The van der Waals surface area contributed by atoms with Crippen LogP contribution in [0.15, 0.2) is 54.9 Å². The van der Waals surface area contributed by atoms with Crippen molar-refractivity contribution in [1.29, 1.82) is 5.26 Å². The van der Waals surface area contributed by atoms with Crippen molar-refractivity contribution >= 4 is 22.5 Å². The Morgan fingerprint density at radius 2 is 2.03 bits per heavy atom. The molecule has 11 nitrogen and oxygen atoms in total. The second-order valence-corrected chi connectivity index (χ2v) is 8.84. The van der Waals surface area contributed by atoms with Crippen LogP contribution in [0.1, 0.15) is 28.6 Å². The van der Waals surface area contributed by atoms with Crippen molar-refractivity contribution in [2.24, 2.45) is 0 Å². The van der Waals surface area contributed by atoms with Gasteiger partial charge in [0.1, 0.15) is 18.2 Å². The van der Waals surface area contributed by atoms with Gasteiger partial charge in [0.05, 0.1) is 29.9 Å². The van der Waals surface area contributed by atoms with E-state index < -0.39 is 0 Å². The summed E-state index contributed by atoms with van der Waals surface area (Å²) >= 11 is 0. The summed E-state index contributed by atoms with van der Waals surface area (Å²) in [6, 6.07) is 17.3. The number of rotatable bonds is 7. The van der Waals surface area contributed by atoms with Gasteiger partial charge in [0.15, 0.2) is 17.3 Å². The molecule has 0 saturated carbocycles. The third-order valence-electron chi connectivity index (χ3n) is 6.33. The van der Waals surface area contributed by atoms with Crippen molar-refractivity contribution in [1.82, 2.24) is 34.5 Å². The molecule has 0 unspecified atom stereocenters. The first-order valence-corrected chi connectivity index (χ1v) is 11.9. The normalized spacial score (nSPS) is 13.4. The number of hydrogen-bond donors (Lipinski definition) is 2. The van der Waals surface area contributed by atoms with Gasteiger partial charge >= 0.3 is 0 Å². The lowest BCUT2D eigenvalue weighted by atomic mass is 10.0. The summed E-state index contributed by atoms with van der Waals surface area (Å²) in [7, 11) is 0. The van der Waals surface area contributed by atoms with Gasteiger partial charge in [0.2, 0.25) is 0 Å². The number of nitriles is 1. The summed E-state index contributed by atoms with van der Waals surface area (Å²) in [6.45, 7) is 3.24. The number of hydrogen-bond acceptors (Lipinski definition) is 9. The predicted molar refractivity (Wildman–Crippen MR) is 135 cm³/mol. The fraction of sp³-hybridized carbons (Fsp3) is 0.231. The third-order valence-corrected chi connectivity index (χ3v) is 6.33. The number of aliphatic hydroxyl groups excluding tert-OH is 1. The van der Waals surface area contributed by atoms with E-state index in [-0.39, 0.29) is 6.61 Å². The Bertz CT molecular complexity index is 1630. The van der Waals surface area contributed by atoms with E-state index in [1.54, 1.807) is 17.1 Å². The standard InChI is InChI=1S/C26H23N9O2/c1-16-10-20(12-27)33-35(16)26-17(8-9-36)2-7-25(30-26)34-15-28-22-11-19(3-5-23(22)34)29-24-6-4-21(31-32-24)18-13-37-14-18/h2-7,10-11,15,18,36H,8-9,13-14H2,1H3,(H,29,32). The zero-order valence-corrected chi connectivity index (χ0v) is 20.0. The average Bonchev–Trinajstić information content (AvgIpc) is 3.47. The summed E-state index contributed by atoms with van der Waals surface area (Å²) in [6.07, 6.45) is 2.14. The maximum atomic E-state index is 9.55. The maximum Gasteiger partial charge on any atom is 0.163 e. The molecule has 0 radical (unpaired) electrons. The minimum absolute atomic E-state index is 0.0225. The zero-order valence-electron chi connectivity index (χ0n) is 20.0. The molecule has 4 aromatic heterocycles. The highest BCUT2D eigenvalue weighted by molar-refractivity contribution is 5.82. The van der Waals surface area contributed by atoms with Crippen LogP contribution in [0.5, 0.6) is 0 Å². The van der Waals surface area contributed by atoms with Gasteiger partial charge in [0.25, 0.3) is 0 Å². The molecule has 5 heterocycles. The number of pyridine rings is 1. The second-order valence-electron chi connectivity index (χ2n) is 8.84. The highest BCUT2D eigenvalue weighted by Gasteiger charge is 2.22. The van der Waals surface area contributed by atoms with Crippen LogP contribution in [0.3, 0.4) is 0 Å². The van der Waals surface area contributed by atoms with Gasteiger partial charge in [0, 0.05) is 23.9 Å². The van der Waals surface area contributed by atoms with Crippen molar-refractivity contribution in [3.05, 3.63) is 77.5 Å². The molecule has 2 N–H and O–H groups in total. The third kappa shape index (κ3) is 4.29. The number of benzene rings is 1. The molecule has 0 bridgehead atoms. The molecule has 0 atom stereocenters. The maximum absolute atomic E-state index is 9.55. The van der Waals surface area contributed by atoms with E-state index in [2.05, 4.69) is 31.7 Å². The van der Waals surface area contributed by atoms with E-state index in [0.29, 0.717) is 48.7 Å². The summed E-state index contributed by atoms with van der Waals surface area (Å²) in [5.41, 5.74) is 5.36. The monoisotopic (exact) mass is 493 g/mol. The largest absolute Gasteiger partial charge is 0.396 e. The lowest BCUT2D eigenvalue weighted by molar-refractivity contribution is 0.00638. The Morgan fingerprint density at radius 3 is 2.73 bits per heavy atom. The highest BCUT2D eigenvalue weighted by Crippen LogP contribution is 2.26. The molecular formula is C26H23N9O2. The van der Waals surface area contributed by atoms with Gasteiger partial charge < -0.3 is 15.2 Å². The summed E-state index contributed by atoms with van der Waals surface area (Å²) < 4.78 is 8.75. The van der Waals surface area contributed by atoms with Crippen LogP contribution >= 0.6 is 0 Å². The molecule has 1 aliphatic rings. The quantitative estimate of drug-likeness (QED) is 0.350. The van der Waals surface area contributed by atoms with Crippen LogP contribution in [0.4, 0.5) is 11.5 Å². The fourth-order valence-electron chi connectivity index (χ4n) is 4.30. The summed E-state index contributed by atoms with van der Waals surface area (Å²) in [5, 5.41) is 35.1. The number of fused-ring (bicyclic) bond motifs is 1. The van der Waals surface area contributed by atoms with Crippen LogP contribution in [0, 0.1) is 18.3 Å². The van der Waals surface area contributed by atoms with Gasteiger partial charge in [-0.15, -0.1) is 5.10 Å². The Labute approximate surface area is 212 Å². The first kappa shape index (κ1) is 22.8. The molecule has 6 rings (SSSR count). The molecule has 37 heavy (non-hydrogen) atoms. The Morgan fingerprint density at radius 1 is 1.14 bits per heavy atom. The molecule has 0 aliphatic carbocycles. The van der Waals surface area contributed by atoms with Crippen LogP contribution in [-0.4, -0.2) is 59.4 Å². The number of anilines is 2. The first-order chi connectivity index (χ1) is 18.1. The van der Waals surface area contributed by atoms with E-state index in [1.807, 2.05) is 54.0 Å². The van der Waals surface area contributed by atoms with E-state index in [9.17, 15) is 10.4 Å². The Kier molecular flexibility index (Phi) is 5.80. The number of ether oxygens (including phenoxy) is 1. The number of imidazole rings is 1. The predicted octanol–water partition coefficient (Wildman–Crippen LogP) is 2.97. The average molecular weight is 494 g/mol. The van der Waals surface area contributed by atoms with Crippen molar-refractivity contribution in [3.63, 3.8) is 0 Å². The topological polar surface area (TPSA) is 140 Å². The zero-order chi connectivity index (χ0) is 25.4. The van der Waals surface area contributed by atoms with Gasteiger partial charge in [-0.1, -0.05) is 6.07 Å². The van der Waals surface area contributed by atoms with E-state index in [1.165, 1.54) is 0 Å². The minimum atomic E-state index is -0.0225. The van der Waals surface area contributed by atoms with Gasteiger partial charge in [-0.3, -0.25) is 4.57 Å². The minimum Gasteiger partial charge on any atom is -0.396 e. The van der Waals surface area contributed by atoms with Crippen molar-refractivity contribution in [2.45, 2.75) is 19.3 Å². The lowest BCUT2D eigenvalue weighted by Gasteiger charge is -2.24. The number of aromatic nitrogens is 7. The smallest absolute Gasteiger partial charge is 0.163 e. The number of nitrogens with one attached hydrogen (secondary N) is 1. The number of aryl methyl sites for hydroxylation is 1. The molecule has 0 spiro atoms. The van der Waals surface area contributed by atoms with Crippen LogP contribution in [-0.2, 0) is 11.2 Å². The molecule has 0 amide bonds. The molecule has 5 aromatic rings. The van der Waals surface area contributed by atoms with E-state index in [4.69, 9.17) is 9.72 Å². The Hall–Kier alpha value is -4.66. The van der Waals surface area contributed by atoms with Gasteiger partial charge in [-0.2, -0.15) is 15.5 Å². The fourth-order valence-corrected chi connectivity index (χ4v) is 4.30. The molecule has 1 saturated heterocycles. The lowest BCUT2D eigenvalue weighted by Crippen LogP contribution is -2.26. The molecule has 1 aliphatic heterocycles. The molecule has 1 aromatic carbocycles. The molecule has 184 valence electrons.